The number of piperidine rings is 1. The number of anilines is 1. The van der Waals surface area contributed by atoms with Crippen LogP contribution in [0.5, 0.6) is 0 Å². The van der Waals surface area contributed by atoms with Crippen molar-refractivity contribution in [3.05, 3.63) is 52.4 Å². The summed E-state index contributed by atoms with van der Waals surface area (Å²) in [5.41, 5.74) is 2.41. The Morgan fingerprint density at radius 1 is 1.02 bits per heavy atom. The van der Waals surface area contributed by atoms with E-state index in [0.29, 0.717) is 49.8 Å². The predicted octanol–water partition coefficient (Wildman–Crippen LogP) is 4.37. The number of amides is 2. The summed E-state index contributed by atoms with van der Waals surface area (Å²) in [4.78, 5) is 51.5. The van der Waals surface area contributed by atoms with E-state index in [4.69, 9.17) is 9.72 Å². The zero-order chi connectivity index (χ0) is 28.6. The molecule has 10 heteroatoms. The molecule has 0 bridgehead atoms. The van der Waals surface area contributed by atoms with E-state index in [-0.39, 0.29) is 29.6 Å². The zero-order valence-electron chi connectivity index (χ0n) is 23.9. The molecular formula is C30H38N6O4. The highest BCUT2D eigenvalue weighted by molar-refractivity contribution is 5.82. The Kier molecular flexibility index (Phi) is 7.53. The standard InChI is InChI=1S/C30H38N6O4/c1-19-8-6-7-9-24(19)25-16-21-17-31-28(32-22-10-13-34(14-11-22)29(39)40-30(3,4)5)33-26(21)36(27(25)38)23-12-15-35(18-23)20(2)37/h6-9,16-17,22-23H,10-15,18H2,1-5H3,(H,31,32,33)/t23-/m1/s1. The molecule has 0 radical (unpaired) electrons. The Morgan fingerprint density at radius 3 is 2.38 bits per heavy atom. The van der Waals surface area contributed by atoms with Gasteiger partial charge in [-0.1, -0.05) is 24.3 Å². The van der Waals surface area contributed by atoms with E-state index in [1.165, 1.54) is 0 Å². The van der Waals surface area contributed by atoms with E-state index in [1.807, 2.05) is 58.0 Å². The minimum absolute atomic E-state index is 0.00428. The molecule has 3 aromatic rings. The van der Waals surface area contributed by atoms with Gasteiger partial charge in [0.05, 0.1) is 6.04 Å². The summed E-state index contributed by atoms with van der Waals surface area (Å²) >= 11 is 0. The Hall–Kier alpha value is -3.95. The van der Waals surface area contributed by atoms with Crippen LogP contribution in [0.2, 0.25) is 0 Å². The summed E-state index contributed by atoms with van der Waals surface area (Å²) in [5.74, 6) is 0.450. The van der Waals surface area contributed by atoms with Crippen molar-refractivity contribution in [2.24, 2.45) is 0 Å². The molecule has 0 unspecified atom stereocenters. The molecule has 2 aliphatic heterocycles. The molecule has 0 spiro atoms. The molecule has 1 atom stereocenters. The molecule has 2 aliphatic rings. The number of likely N-dealkylation sites (tertiary alicyclic amines) is 2. The number of aromatic nitrogens is 3. The number of nitrogens with one attached hydrogen (secondary N) is 1. The first kappa shape index (κ1) is 27.6. The van der Waals surface area contributed by atoms with Gasteiger partial charge in [-0.15, -0.1) is 0 Å². The number of hydrogen-bond acceptors (Lipinski definition) is 7. The van der Waals surface area contributed by atoms with Crippen LogP contribution in [-0.2, 0) is 9.53 Å². The van der Waals surface area contributed by atoms with Crippen molar-refractivity contribution < 1.29 is 14.3 Å². The topological polar surface area (TPSA) is 110 Å². The van der Waals surface area contributed by atoms with Gasteiger partial charge in [-0.05, 0) is 64.2 Å². The quantitative estimate of drug-likeness (QED) is 0.517. The van der Waals surface area contributed by atoms with Crippen LogP contribution in [0.3, 0.4) is 0 Å². The lowest BCUT2D eigenvalue weighted by molar-refractivity contribution is -0.127. The summed E-state index contributed by atoms with van der Waals surface area (Å²) in [6, 6.07) is 9.62. The normalized spacial score (nSPS) is 18.3. The van der Waals surface area contributed by atoms with E-state index in [0.717, 1.165) is 29.4 Å². The number of ether oxygens (including phenoxy) is 1. The van der Waals surface area contributed by atoms with Crippen LogP contribution in [-0.4, -0.2) is 74.2 Å². The van der Waals surface area contributed by atoms with Gasteiger partial charge in [0.15, 0.2) is 0 Å². The first-order chi connectivity index (χ1) is 19.0. The summed E-state index contributed by atoms with van der Waals surface area (Å²) in [6.07, 6.45) is 3.61. The first-order valence-corrected chi connectivity index (χ1v) is 14.0. The maximum Gasteiger partial charge on any atom is 0.410 e. The van der Waals surface area contributed by atoms with Gasteiger partial charge in [-0.2, -0.15) is 4.98 Å². The van der Waals surface area contributed by atoms with Crippen LogP contribution in [0.4, 0.5) is 10.7 Å². The third-order valence-electron chi connectivity index (χ3n) is 7.66. The average Bonchev–Trinajstić information content (AvgIpc) is 3.38. The van der Waals surface area contributed by atoms with Crippen LogP contribution in [0.15, 0.2) is 41.3 Å². The molecule has 0 aliphatic carbocycles. The lowest BCUT2D eigenvalue weighted by atomic mass is 10.0. The van der Waals surface area contributed by atoms with Gasteiger partial charge in [0, 0.05) is 56.3 Å². The van der Waals surface area contributed by atoms with Crippen molar-refractivity contribution in [2.45, 2.75) is 71.6 Å². The van der Waals surface area contributed by atoms with Gasteiger partial charge < -0.3 is 19.9 Å². The third-order valence-corrected chi connectivity index (χ3v) is 7.66. The van der Waals surface area contributed by atoms with Crippen LogP contribution >= 0.6 is 0 Å². The molecule has 5 rings (SSSR count). The van der Waals surface area contributed by atoms with Crippen molar-refractivity contribution >= 4 is 29.0 Å². The second kappa shape index (κ2) is 10.9. The SMILES string of the molecule is CC(=O)N1CC[C@@H](n2c(=O)c(-c3ccccc3C)cc3cnc(NC4CCN(C(=O)OC(C)(C)C)CC4)nc32)C1. The van der Waals surface area contributed by atoms with E-state index in [2.05, 4.69) is 10.3 Å². The van der Waals surface area contributed by atoms with Crippen LogP contribution in [0.25, 0.3) is 22.2 Å². The fourth-order valence-corrected chi connectivity index (χ4v) is 5.55. The van der Waals surface area contributed by atoms with Crippen LogP contribution < -0.4 is 10.9 Å². The summed E-state index contributed by atoms with van der Waals surface area (Å²) < 4.78 is 7.27. The van der Waals surface area contributed by atoms with Crippen molar-refractivity contribution in [1.82, 2.24) is 24.3 Å². The van der Waals surface area contributed by atoms with Crippen molar-refractivity contribution in [3.8, 4) is 11.1 Å². The number of aryl methyl sites for hydroxylation is 1. The van der Waals surface area contributed by atoms with Gasteiger partial charge in [0.1, 0.15) is 11.2 Å². The Balaban J connectivity index is 1.44. The summed E-state index contributed by atoms with van der Waals surface area (Å²) in [7, 11) is 0. The largest absolute Gasteiger partial charge is 0.444 e. The molecule has 212 valence electrons. The van der Waals surface area contributed by atoms with Crippen LogP contribution in [0, 0.1) is 6.92 Å². The Bertz CT molecular complexity index is 1490. The van der Waals surface area contributed by atoms with E-state index >= 15 is 0 Å². The molecule has 1 N–H and O–H groups in total. The van der Waals surface area contributed by atoms with Gasteiger partial charge in [-0.3, -0.25) is 14.2 Å². The van der Waals surface area contributed by atoms with Crippen molar-refractivity contribution in [1.29, 1.82) is 0 Å². The third kappa shape index (κ3) is 5.80. The molecule has 10 nitrogen and oxygen atoms in total. The lowest BCUT2D eigenvalue weighted by Gasteiger charge is -2.33. The van der Waals surface area contributed by atoms with E-state index in [1.54, 1.807) is 27.5 Å². The number of carbonyl (C=O) groups excluding carboxylic acids is 2. The van der Waals surface area contributed by atoms with Crippen molar-refractivity contribution in [3.63, 3.8) is 0 Å². The maximum absolute atomic E-state index is 14.0. The number of carbonyl (C=O) groups is 2. The lowest BCUT2D eigenvalue weighted by Crippen LogP contribution is -2.44. The zero-order valence-corrected chi connectivity index (χ0v) is 23.9. The van der Waals surface area contributed by atoms with Crippen molar-refractivity contribution in [2.75, 3.05) is 31.5 Å². The number of nitrogens with zero attached hydrogens (tertiary/aromatic N) is 5. The Morgan fingerprint density at radius 2 is 1.73 bits per heavy atom. The molecule has 0 saturated carbocycles. The fraction of sp³-hybridized carbons (Fsp3) is 0.500. The van der Waals surface area contributed by atoms with Gasteiger partial charge in [-0.25, -0.2) is 9.78 Å². The number of fused-ring (bicyclic) bond motifs is 1. The maximum atomic E-state index is 14.0. The Labute approximate surface area is 234 Å². The molecule has 40 heavy (non-hydrogen) atoms. The highest BCUT2D eigenvalue weighted by Crippen LogP contribution is 2.29. The average molecular weight is 547 g/mol. The predicted molar refractivity (Wildman–Crippen MR) is 154 cm³/mol. The van der Waals surface area contributed by atoms with E-state index in [9.17, 15) is 14.4 Å². The molecule has 2 amide bonds. The smallest absolute Gasteiger partial charge is 0.410 e. The second-order valence-corrected chi connectivity index (χ2v) is 11.8. The second-order valence-electron chi connectivity index (χ2n) is 11.8. The molecule has 2 saturated heterocycles. The molecule has 4 heterocycles. The first-order valence-electron chi connectivity index (χ1n) is 14.0. The minimum Gasteiger partial charge on any atom is -0.444 e. The molecule has 1 aromatic carbocycles. The van der Waals surface area contributed by atoms with Gasteiger partial charge in [0.25, 0.3) is 5.56 Å². The molecular weight excluding hydrogens is 508 g/mol. The minimum atomic E-state index is -0.527. The number of benzene rings is 1. The van der Waals surface area contributed by atoms with Crippen LogP contribution in [0.1, 0.15) is 58.6 Å². The molecule has 2 fully saturated rings. The highest BCUT2D eigenvalue weighted by Gasteiger charge is 2.30. The fourth-order valence-electron chi connectivity index (χ4n) is 5.55. The van der Waals surface area contributed by atoms with E-state index < -0.39 is 5.60 Å². The number of rotatable bonds is 4. The number of pyridine rings is 1. The highest BCUT2D eigenvalue weighted by atomic mass is 16.6. The summed E-state index contributed by atoms with van der Waals surface area (Å²) in [5, 5.41) is 4.19. The van der Waals surface area contributed by atoms with Gasteiger partial charge in [0.2, 0.25) is 11.9 Å². The number of hydrogen-bond donors (Lipinski definition) is 1. The molecule has 2 aromatic heterocycles. The van der Waals surface area contributed by atoms with Gasteiger partial charge >= 0.3 is 6.09 Å². The monoisotopic (exact) mass is 546 g/mol. The summed E-state index contributed by atoms with van der Waals surface area (Å²) in [6.45, 7) is 11.4.